The third-order valence-electron chi connectivity index (χ3n) is 1.97. The SMILES string of the molecule is OC1(P)CCCCCC1. The number of hydrogen-bond acceptors (Lipinski definition) is 1. The van der Waals surface area contributed by atoms with E-state index in [9.17, 15) is 5.11 Å². The fraction of sp³-hybridized carbons (Fsp3) is 1.00. The molecule has 1 unspecified atom stereocenters. The van der Waals surface area contributed by atoms with Gasteiger partial charge in [0.1, 0.15) is 0 Å². The van der Waals surface area contributed by atoms with Gasteiger partial charge in [-0.15, -0.1) is 9.24 Å². The highest BCUT2D eigenvalue weighted by Gasteiger charge is 2.21. The predicted molar refractivity (Wildman–Crippen MR) is 42.4 cm³/mol. The summed E-state index contributed by atoms with van der Waals surface area (Å²) in [5.74, 6) is 0. The molecule has 0 aromatic heterocycles. The average Bonchev–Trinajstić information content (AvgIpc) is 1.92. The van der Waals surface area contributed by atoms with Crippen LogP contribution < -0.4 is 0 Å². The minimum atomic E-state index is -0.420. The van der Waals surface area contributed by atoms with E-state index in [0.717, 1.165) is 12.8 Å². The molecule has 0 aromatic carbocycles. The normalized spacial score (nSPS) is 27.3. The average molecular weight is 146 g/mol. The number of aliphatic hydroxyl groups is 1. The summed E-state index contributed by atoms with van der Waals surface area (Å²) in [5, 5.41) is 9.10. The maximum absolute atomic E-state index is 9.52. The maximum Gasteiger partial charge on any atom is 0.0778 e. The van der Waals surface area contributed by atoms with E-state index in [0.29, 0.717) is 0 Å². The third-order valence-corrected chi connectivity index (χ3v) is 2.55. The van der Waals surface area contributed by atoms with Crippen molar-refractivity contribution in [3.63, 3.8) is 0 Å². The second-order valence-electron chi connectivity index (χ2n) is 3.02. The Morgan fingerprint density at radius 2 is 1.44 bits per heavy atom. The van der Waals surface area contributed by atoms with Gasteiger partial charge in [0.25, 0.3) is 0 Å². The van der Waals surface area contributed by atoms with Crippen molar-refractivity contribution in [2.45, 2.75) is 43.9 Å². The molecule has 0 heterocycles. The second-order valence-corrected chi connectivity index (χ2v) is 4.09. The van der Waals surface area contributed by atoms with Gasteiger partial charge in [0, 0.05) is 0 Å². The van der Waals surface area contributed by atoms with Crippen molar-refractivity contribution >= 4 is 9.24 Å². The fourth-order valence-electron chi connectivity index (χ4n) is 1.34. The van der Waals surface area contributed by atoms with E-state index >= 15 is 0 Å². The van der Waals surface area contributed by atoms with Crippen LogP contribution in [0.3, 0.4) is 0 Å². The van der Waals surface area contributed by atoms with Gasteiger partial charge in [0.05, 0.1) is 5.34 Å². The smallest absolute Gasteiger partial charge is 0.0778 e. The molecular weight excluding hydrogens is 131 g/mol. The molecule has 1 rings (SSSR count). The van der Waals surface area contributed by atoms with Crippen molar-refractivity contribution in [1.29, 1.82) is 0 Å². The van der Waals surface area contributed by atoms with E-state index in [-0.39, 0.29) is 0 Å². The Hall–Kier alpha value is 0.390. The van der Waals surface area contributed by atoms with Gasteiger partial charge in [-0.1, -0.05) is 25.7 Å². The highest BCUT2D eigenvalue weighted by molar-refractivity contribution is 7.18. The Bertz CT molecular complexity index is 80.9. The van der Waals surface area contributed by atoms with Gasteiger partial charge in [0.15, 0.2) is 0 Å². The molecule has 1 aliphatic rings. The molecule has 1 saturated carbocycles. The summed E-state index contributed by atoms with van der Waals surface area (Å²) in [7, 11) is 2.55. The van der Waals surface area contributed by atoms with Gasteiger partial charge in [-0.25, -0.2) is 0 Å². The summed E-state index contributed by atoms with van der Waals surface area (Å²) in [4.78, 5) is 0. The Kier molecular flexibility index (Phi) is 2.49. The fourth-order valence-corrected chi connectivity index (χ4v) is 1.75. The van der Waals surface area contributed by atoms with Crippen LogP contribution in [0.2, 0.25) is 0 Å². The first-order valence-corrected chi connectivity index (χ1v) is 4.30. The molecule has 1 N–H and O–H groups in total. The lowest BCUT2D eigenvalue weighted by Crippen LogP contribution is -2.17. The van der Waals surface area contributed by atoms with Crippen LogP contribution in [0.5, 0.6) is 0 Å². The highest BCUT2D eigenvalue weighted by atomic mass is 31.0. The van der Waals surface area contributed by atoms with Gasteiger partial charge in [-0.05, 0) is 12.8 Å². The highest BCUT2D eigenvalue weighted by Crippen LogP contribution is 2.31. The quantitative estimate of drug-likeness (QED) is 0.409. The Balaban J connectivity index is 2.36. The predicted octanol–water partition coefficient (Wildman–Crippen LogP) is 1.90. The molecule has 1 aliphatic carbocycles. The van der Waals surface area contributed by atoms with E-state index in [1.807, 2.05) is 0 Å². The van der Waals surface area contributed by atoms with Crippen LogP contribution in [-0.2, 0) is 0 Å². The summed E-state index contributed by atoms with van der Waals surface area (Å²) in [6.07, 6.45) is 6.93. The van der Waals surface area contributed by atoms with Crippen molar-refractivity contribution in [1.82, 2.24) is 0 Å². The summed E-state index contributed by atoms with van der Waals surface area (Å²) in [5.41, 5.74) is 0. The summed E-state index contributed by atoms with van der Waals surface area (Å²) in [6.45, 7) is 0. The number of rotatable bonds is 0. The van der Waals surface area contributed by atoms with E-state index in [4.69, 9.17) is 0 Å². The Labute approximate surface area is 59.0 Å². The van der Waals surface area contributed by atoms with Crippen molar-refractivity contribution < 1.29 is 5.11 Å². The minimum Gasteiger partial charge on any atom is -0.386 e. The van der Waals surface area contributed by atoms with Crippen LogP contribution in [0.1, 0.15) is 38.5 Å². The van der Waals surface area contributed by atoms with E-state index in [1.165, 1.54) is 25.7 Å². The zero-order valence-corrected chi connectivity index (χ0v) is 6.92. The molecule has 0 aromatic rings. The summed E-state index contributed by atoms with van der Waals surface area (Å²) >= 11 is 0. The molecule has 1 nitrogen and oxygen atoms in total. The van der Waals surface area contributed by atoms with Gasteiger partial charge in [0.2, 0.25) is 0 Å². The van der Waals surface area contributed by atoms with E-state index in [2.05, 4.69) is 9.24 Å². The molecule has 1 atom stereocenters. The molecule has 0 bridgehead atoms. The molecule has 9 heavy (non-hydrogen) atoms. The van der Waals surface area contributed by atoms with Gasteiger partial charge >= 0.3 is 0 Å². The molecule has 0 saturated heterocycles. The zero-order valence-electron chi connectivity index (χ0n) is 5.77. The van der Waals surface area contributed by atoms with E-state index < -0.39 is 5.34 Å². The van der Waals surface area contributed by atoms with Crippen molar-refractivity contribution in [3.05, 3.63) is 0 Å². The lowest BCUT2D eigenvalue weighted by molar-refractivity contribution is 0.119. The molecule has 1 fully saturated rings. The molecular formula is C7H15OP. The van der Waals surface area contributed by atoms with Crippen LogP contribution >= 0.6 is 9.24 Å². The minimum absolute atomic E-state index is 0.420. The van der Waals surface area contributed by atoms with Crippen LogP contribution in [0.4, 0.5) is 0 Å². The largest absolute Gasteiger partial charge is 0.386 e. The summed E-state index contributed by atoms with van der Waals surface area (Å²) < 4.78 is 0. The lowest BCUT2D eigenvalue weighted by Gasteiger charge is -2.19. The van der Waals surface area contributed by atoms with Crippen LogP contribution in [0.25, 0.3) is 0 Å². The van der Waals surface area contributed by atoms with Gasteiger partial charge < -0.3 is 5.11 Å². The molecule has 2 heteroatoms. The Morgan fingerprint density at radius 3 is 1.89 bits per heavy atom. The first-order chi connectivity index (χ1) is 4.21. The van der Waals surface area contributed by atoms with Crippen LogP contribution in [-0.4, -0.2) is 10.4 Å². The Morgan fingerprint density at radius 1 is 1.00 bits per heavy atom. The second kappa shape index (κ2) is 2.98. The van der Waals surface area contributed by atoms with Crippen molar-refractivity contribution in [3.8, 4) is 0 Å². The van der Waals surface area contributed by atoms with Crippen LogP contribution in [0.15, 0.2) is 0 Å². The van der Waals surface area contributed by atoms with Crippen LogP contribution in [0, 0.1) is 0 Å². The molecule has 0 spiro atoms. The van der Waals surface area contributed by atoms with E-state index in [1.54, 1.807) is 0 Å². The maximum atomic E-state index is 9.52. The molecule has 0 radical (unpaired) electrons. The topological polar surface area (TPSA) is 20.2 Å². The molecule has 54 valence electrons. The lowest BCUT2D eigenvalue weighted by atomic mass is 10.1. The first-order valence-electron chi connectivity index (χ1n) is 3.72. The third kappa shape index (κ3) is 2.64. The first kappa shape index (κ1) is 7.50. The van der Waals surface area contributed by atoms with Gasteiger partial charge in [-0.3, -0.25) is 0 Å². The van der Waals surface area contributed by atoms with Crippen molar-refractivity contribution in [2.24, 2.45) is 0 Å². The number of hydrogen-bond donors (Lipinski definition) is 1. The zero-order chi connectivity index (χ0) is 6.74. The monoisotopic (exact) mass is 146 g/mol. The molecule has 0 aliphatic heterocycles. The summed E-state index contributed by atoms with van der Waals surface area (Å²) in [6, 6.07) is 0. The standard InChI is InChI=1S/C7H15OP/c8-7(9)5-3-1-2-4-6-7/h8H,1-6,9H2. The van der Waals surface area contributed by atoms with Gasteiger partial charge in [-0.2, -0.15) is 0 Å². The van der Waals surface area contributed by atoms with Crippen molar-refractivity contribution in [2.75, 3.05) is 0 Å². The molecule has 0 amide bonds.